The van der Waals surface area contributed by atoms with E-state index in [4.69, 9.17) is 0 Å². The third-order valence-electron chi connectivity index (χ3n) is 8.01. The third-order valence-corrected chi connectivity index (χ3v) is 8.01. The maximum atomic E-state index is 13.1. The molecule has 3 amide bonds. The molecule has 0 radical (unpaired) electrons. The SMILES string of the molecule is CNCCCCNCCCCNC(=O)c1cc(C(=O)NCCCCNCCCCNC)cc(C(=O)NCCCCNCCCCNC)c1. The minimum Gasteiger partial charge on any atom is -0.352 e. The smallest absolute Gasteiger partial charge is 0.251 e. The van der Waals surface area contributed by atoms with Crippen LogP contribution in [0, 0.1) is 0 Å². The first-order chi connectivity index (χ1) is 23.5. The maximum Gasteiger partial charge on any atom is 0.251 e. The third kappa shape index (κ3) is 23.7. The van der Waals surface area contributed by atoms with Gasteiger partial charge in [0.2, 0.25) is 0 Å². The summed E-state index contributed by atoms with van der Waals surface area (Å²) in [6.45, 7) is 10.4. The summed E-state index contributed by atoms with van der Waals surface area (Å²) in [5.74, 6) is -0.832. The zero-order chi connectivity index (χ0) is 34.9. The van der Waals surface area contributed by atoms with Crippen molar-refractivity contribution in [3.63, 3.8) is 0 Å². The summed E-state index contributed by atoms with van der Waals surface area (Å²) in [7, 11) is 5.90. The number of hydrogen-bond donors (Lipinski definition) is 9. The Morgan fingerprint density at radius 2 is 0.562 bits per heavy atom. The van der Waals surface area contributed by atoms with Crippen LogP contribution in [0.4, 0.5) is 0 Å². The molecule has 0 unspecified atom stereocenters. The predicted molar refractivity (Wildman–Crippen MR) is 199 cm³/mol. The second-order valence-corrected chi connectivity index (χ2v) is 12.4. The van der Waals surface area contributed by atoms with Crippen LogP contribution in [0.25, 0.3) is 0 Å². The highest BCUT2D eigenvalue weighted by molar-refractivity contribution is 6.04. The molecule has 0 aromatic heterocycles. The first kappa shape index (κ1) is 43.4. The van der Waals surface area contributed by atoms with Gasteiger partial charge in [0, 0.05) is 36.3 Å². The first-order valence-corrected chi connectivity index (χ1v) is 18.6. The molecule has 276 valence electrons. The van der Waals surface area contributed by atoms with Gasteiger partial charge in [0.1, 0.15) is 0 Å². The second kappa shape index (κ2) is 31.6. The number of unbranched alkanes of at least 4 members (excludes halogenated alkanes) is 6. The van der Waals surface area contributed by atoms with Crippen molar-refractivity contribution in [2.75, 3.05) is 99.7 Å². The minimum absolute atomic E-state index is 0.277. The molecule has 1 rings (SSSR count). The molecule has 0 spiro atoms. The lowest BCUT2D eigenvalue weighted by molar-refractivity contribution is 0.0952. The molecule has 0 bridgehead atoms. The molecular formula is C36H69N9O3. The average Bonchev–Trinajstić information content (AvgIpc) is 3.10. The summed E-state index contributed by atoms with van der Waals surface area (Å²) in [6, 6.07) is 4.76. The van der Waals surface area contributed by atoms with E-state index in [1.807, 2.05) is 21.1 Å². The van der Waals surface area contributed by atoms with Crippen LogP contribution in [0.3, 0.4) is 0 Å². The lowest BCUT2D eigenvalue weighted by atomic mass is 10.0. The lowest BCUT2D eigenvalue weighted by Gasteiger charge is -2.12. The van der Waals surface area contributed by atoms with Gasteiger partial charge >= 0.3 is 0 Å². The Hall–Kier alpha value is -2.61. The highest BCUT2D eigenvalue weighted by Gasteiger charge is 2.16. The Bertz CT molecular complexity index is 833. The molecule has 12 heteroatoms. The quantitative estimate of drug-likeness (QED) is 0.0508. The van der Waals surface area contributed by atoms with Crippen LogP contribution in [-0.4, -0.2) is 117 Å². The van der Waals surface area contributed by atoms with Crippen LogP contribution in [0.15, 0.2) is 18.2 Å². The fourth-order valence-electron chi connectivity index (χ4n) is 5.09. The van der Waals surface area contributed by atoms with Gasteiger partial charge in [-0.25, -0.2) is 0 Å². The van der Waals surface area contributed by atoms with Crippen LogP contribution >= 0.6 is 0 Å². The maximum absolute atomic E-state index is 13.1. The lowest BCUT2D eigenvalue weighted by Crippen LogP contribution is -2.30. The van der Waals surface area contributed by atoms with Crippen LogP contribution < -0.4 is 47.9 Å². The highest BCUT2D eigenvalue weighted by atomic mass is 16.2. The molecule has 0 saturated heterocycles. The van der Waals surface area contributed by atoms with Crippen molar-refractivity contribution in [1.29, 1.82) is 0 Å². The molecule has 0 aliphatic carbocycles. The molecule has 12 nitrogen and oxygen atoms in total. The summed E-state index contributed by atoms with van der Waals surface area (Å²) in [5, 5.41) is 28.7. The van der Waals surface area contributed by atoms with Crippen LogP contribution in [0.2, 0.25) is 0 Å². The molecule has 1 aromatic carbocycles. The van der Waals surface area contributed by atoms with Gasteiger partial charge < -0.3 is 47.9 Å². The number of carbonyl (C=O) groups excluding carboxylic acids is 3. The van der Waals surface area contributed by atoms with E-state index in [0.717, 1.165) is 136 Å². The van der Waals surface area contributed by atoms with Gasteiger partial charge in [-0.05, 0) is 175 Å². The van der Waals surface area contributed by atoms with Gasteiger partial charge in [-0.3, -0.25) is 14.4 Å². The molecule has 0 aliphatic rings. The highest BCUT2D eigenvalue weighted by Crippen LogP contribution is 2.12. The molecule has 0 aliphatic heterocycles. The van der Waals surface area contributed by atoms with Crippen molar-refractivity contribution in [1.82, 2.24) is 47.9 Å². The monoisotopic (exact) mass is 676 g/mol. The average molecular weight is 676 g/mol. The number of amides is 3. The standard InChI is InChI=1S/C36H69N9O3/c1-37-16-4-7-19-40-22-10-13-25-43-34(46)31-28-32(35(47)44-26-14-11-23-41-20-8-5-17-38-2)30-33(29-31)36(48)45-27-15-12-24-42-21-9-6-18-39-3/h28-30,37-42H,4-27H2,1-3H3,(H,43,46)(H,44,47)(H,45,48). The number of nitrogens with one attached hydrogen (secondary N) is 9. The molecule has 9 N–H and O–H groups in total. The van der Waals surface area contributed by atoms with E-state index >= 15 is 0 Å². The van der Waals surface area contributed by atoms with Crippen molar-refractivity contribution in [2.45, 2.75) is 77.0 Å². The largest absolute Gasteiger partial charge is 0.352 e. The zero-order valence-corrected chi connectivity index (χ0v) is 30.4. The van der Waals surface area contributed by atoms with Crippen molar-refractivity contribution < 1.29 is 14.4 Å². The Labute approximate surface area is 291 Å². The van der Waals surface area contributed by atoms with Gasteiger partial charge in [-0.2, -0.15) is 0 Å². The predicted octanol–water partition coefficient (Wildman–Crippen LogP) is 1.98. The van der Waals surface area contributed by atoms with E-state index < -0.39 is 0 Å². The molecule has 48 heavy (non-hydrogen) atoms. The Balaban J connectivity index is 2.60. The first-order valence-electron chi connectivity index (χ1n) is 18.6. The zero-order valence-electron chi connectivity index (χ0n) is 30.4. The number of rotatable bonds is 33. The van der Waals surface area contributed by atoms with Gasteiger partial charge in [0.05, 0.1) is 0 Å². The fraction of sp³-hybridized carbons (Fsp3) is 0.750. The van der Waals surface area contributed by atoms with E-state index in [1.54, 1.807) is 18.2 Å². The van der Waals surface area contributed by atoms with Crippen molar-refractivity contribution in [3.8, 4) is 0 Å². The molecule has 0 heterocycles. The molecule has 0 fully saturated rings. The topological polar surface area (TPSA) is 159 Å². The van der Waals surface area contributed by atoms with Gasteiger partial charge in [0.25, 0.3) is 17.7 Å². The Morgan fingerprint density at radius 3 is 0.792 bits per heavy atom. The van der Waals surface area contributed by atoms with E-state index in [2.05, 4.69) is 47.9 Å². The van der Waals surface area contributed by atoms with Crippen LogP contribution in [0.5, 0.6) is 0 Å². The summed E-state index contributed by atoms with van der Waals surface area (Å²) in [5.41, 5.74) is 0.959. The van der Waals surface area contributed by atoms with E-state index in [-0.39, 0.29) is 17.7 Å². The summed E-state index contributed by atoms with van der Waals surface area (Å²) < 4.78 is 0. The van der Waals surface area contributed by atoms with Gasteiger partial charge in [-0.15, -0.1) is 0 Å². The van der Waals surface area contributed by atoms with E-state index in [1.165, 1.54) is 0 Å². The van der Waals surface area contributed by atoms with Crippen molar-refractivity contribution >= 4 is 17.7 Å². The fourth-order valence-corrected chi connectivity index (χ4v) is 5.09. The van der Waals surface area contributed by atoms with Gasteiger partial charge in [-0.1, -0.05) is 0 Å². The Kier molecular flexibility index (Phi) is 28.6. The van der Waals surface area contributed by atoms with E-state index in [9.17, 15) is 14.4 Å². The van der Waals surface area contributed by atoms with E-state index in [0.29, 0.717) is 36.3 Å². The van der Waals surface area contributed by atoms with Crippen LogP contribution in [0.1, 0.15) is 108 Å². The van der Waals surface area contributed by atoms with Gasteiger partial charge in [0.15, 0.2) is 0 Å². The summed E-state index contributed by atoms with van der Waals surface area (Å²) >= 11 is 0. The molecule has 1 aromatic rings. The molecule has 0 saturated carbocycles. The second-order valence-electron chi connectivity index (χ2n) is 12.4. The summed E-state index contributed by atoms with van der Waals surface area (Å²) in [6.07, 6.45) is 12.3. The Morgan fingerprint density at radius 1 is 0.354 bits per heavy atom. The number of carbonyl (C=O) groups is 3. The number of hydrogen-bond acceptors (Lipinski definition) is 9. The molecule has 0 atom stereocenters. The molecular weight excluding hydrogens is 606 g/mol. The summed E-state index contributed by atoms with van der Waals surface area (Å²) in [4.78, 5) is 39.3. The number of benzene rings is 1. The van der Waals surface area contributed by atoms with Crippen LogP contribution in [-0.2, 0) is 0 Å². The van der Waals surface area contributed by atoms with Crippen molar-refractivity contribution in [3.05, 3.63) is 34.9 Å². The minimum atomic E-state index is -0.277. The van der Waals surface area contributed by atoms with Crippen molar-refractivity contribution in [2.24, 2.45) is 0 Å². The normalized spacial score (nSPS) is 11.1.